The average Bonchev–Trinajstić information content (AvgIpc) is 3.24. The number of nitrogens with zero attached hydrogens (tertiary/aromatic N) is 3. The van der Waals surface area contributed by atoms with Gasteiger partial charge in [0.15, 0.2) is 5.96 Å². The predicted octanol–water partition coefficient (Wildman–Crippen LogP) is 4.28. The van der Waals surface area contributed by atoms with Crippen molar-refractivity contribution in [2.75, 3.05) is 24.5 Å². The minimum Gasteiger partial charge on any atom is -0.357 e. The topological polar surface area (TPSA) is 69.6 Å². The Morgan fingerprint density at radius 2 is 1.91 bits per heavy atom. The molecule has 0 spiro atoms. The van der Waals surface area contributed by atoms with Crippen LogP contribution in [0.1, 0.15) is 30.9 Å². The summed E-state index contributed by atoms with van der Waals surface area (Å²) in [5.41, 5.74) is 4.46. The average molecular weight is 543 g/mol. The van der Waals surface area contributed by atoms with Gasteiger partial charge >= 0.3 is 0 Å². The molecule has 0 saturated carbocycles. The molecule has 2 heterocycles. The SMILES string of the molecule is CCNC(=NCc1ccnc2ccccc12)NCCCC(=O)N1CCc2ccccc21.I. The van der Waals surface area contributed by atoms with Crippen LogP contribution in [0.2, 0.25) is 0 Å². The van der Waals surface area contributed by atoms with Gasteiger partial charge in [0.1, 0.15) is 0 Å². The van der Waals surface area contributed by atoms with E-state index in [1.165, 1.54) is 5.56 Å². The summed E-state index contributed by atoms with van der Waals surface area (Å²) in [6.45, 7) is 4.89. The number of carbonyl (C=O) groups excluding carboxylic acids is 1. The van der Waals surface area contributed by atoms with Gasteiger partial charge in [-0.15, -0.1) is 24.0 Å². The van der Waals surface area contributed by atoms with Crippen LogP contribution in [-0.4, -0.2) is 36.5 Å². The van der Waals surface area contributed by atoms with Crippen molar-refractivity contribution in [2.45, 2.75) is 32.7 Å². The lowest BCUT2D eigenvalue weighted by molar-refractivity contribution is -0.118. The van der Waals surface area contributed by atoms with E-state index < -0.39 is 0 Å². The van der Waals surface area contributed by atoms with Crippen molar-refractivity contribution in [3.8, 4) is 0 Å². The Labute approximate surface area is 206 Å². The summed E-state index contributed by atoms with van der Waals surface area (Å²) in [7, 11) is 0. The van der Waals surface area contributed by atoms with Crippen LogP contribution < -0.4 is 15.5 Å². The first kappa shape index (κ1) is 24.0. The van der Waals surface area contributed by atoms with E-state index >= 15 is 0 Å². The molecule has 1 amide bonds. The highest BCUT2D eigenvalue weighted by Crippen LogP contribution is 2.28. The van der Waals surface area contributed by atoms with E-state index in [2.05, 4.69) is 27.8 Å². The van der Waals surface area contributed by atoms with Gasteiger partial charge in [0.05, 0.1) is 12.1 Å². The van der Waals surface area contributed by atoms with Crippen LogP contribution in [-0.2, 0) is 17.8 Å². The normalized spacial score (nSPS) is 12.9. The van der Waals surface area contributed by atoms with Crippen LogP contribution in [0.5, 0.6) is 0 Å². The molecule has 0 fully saturated rings. The Kier molecular flexibility index (Phi) is 8.84. The van der Waals surface area contributed by atoms with E-state index in [1.807, 2.05) is 60.5 Å². The van der Waals surface area contributed by atoms with E-state index in [9.17, 15) is 4.79 Å². The number of carbonyl (C=O) groups is 1. The molecule has 2 aromatic carbocycles. The molecular weight excluding hydrogens is 513 g/mol. The number of anilines is 1. The van der Waals surface area contributed by atoms with Crippen molar-refractivity contribution >= 4 is 52.4 Å². The molecule has 0 unspecified atom stereocenters. The first-order valence-electron chi connectivity index (χ1n) is 11.0. The maximum Gasteiger partial charge on any atom is 0.227 e. The van der Waals surface area contributed by atoms with Crippen LogP contribution in [0.3, 0.4) is 0 Å². The monoisotopic (exact) mass is 543 g/mol. The third-order valence-corrected chi connectivity index (χ3v) is 5.54. The Bertz CT molecular complexity index is 1080. The van der Waals surface area contributed by atoms with Gasteiger partial charge < -0.3 is 15.5 Å². The highest BCUT2D eigenvalue weighted by atomic mass is 127. The Hall–Kier alpha value is -2.68. The Morgan fingerprint density at radius 3 is 2.78 bits per heavy atom. The largest absolute Gasteiger partial charge is 0.357 e. The molecule has 0 bridgehead atoms. The summed E-state index contributed by atoms with van der Waals surface area (Å²) in [4.78, 5) is 23.7. The van der Waals surface area contributed by atoms with Crippen molar-refractivity contribution in [3.05, 3.63) is 71.9 Å². The number of amides is 1. The number of halogens is 1. The van der Waals surface area contributed by atoms with Crippen molar-refractivity contribution in [1.29, 1.82) is 0 Å². The number of hydrogen-bond donors (Lipinski definition) is 2. The van der Waals surface area contributed by atoms with Crippen molar-refractivity contribution in [1.82, 2.24) is 15.6 Å². The number of aliphatic imine (C=N–C) groups is 1. The molecule has 1 aromatic heterocycles. The van der Waals surface area contributed by atoms with E-state index in [-0.39, 0.29) is 29.9 Å². The lowest BCUT2D eigenvalue weighted by Crippen LogP contribution is -2.38. The smallest absolute Gasteiger partial charge is 0.227 e. The second-order valence-electron chi connectivity index (χ2n) is 7.64. The van der Waals surface area contributed by atoms with Gasteiger partial charge in [-0.3, -0.25) is 9.78 Å². The molecule has 3 aromatic rings. The van der Waals surface area contributed by atoms with Crippen molar-refractivity contribution in [3.63, 3.8) is 0 Å². The van der Waals surface area contributed by atoms with E-state index in [4.69, 9.17) is 4.99 Å². The number of fused-ring (bicyclic) bond motifs is 2. The van der Waals surface area contributed by atoms with Gasteiger partial charge in [-0.05, 0) is 49.1 Å². The number of pyridine rings is 1. The highest BCUT2D eigenvalue weighted by Gasteiger charge is 2.23. The number of aromatic nitrogens is 1. The molecule has 2 N–H and O–H groups in total. The second kappa shape index (κ2) is 11.8. The zero-order chi connectivity index (χ0) is 21.5. The second-order valence-corrected chi connectivity index (χ2v) is 7.64. The summed E-state index contributed by atoms with van der Waals surface area (Å²) in [5.74, 6) is 0.958. The number of nitrogens with one attached hydrogen (secondary N) is 2. The molecule has 168 valence electrons. The fourth-order valence-corrected chi connectivity index (χ4v) is 3.98. The fraction of sp³-hybridized carbons (Fsp3) is 0.320. The predicted molar refractivity (Wildman–Crippen MR) is 142 cm³/mol. The molecule has 1 aliphatic heterocycles. The highest BCUT2D eigenvalue weighted by molar-refractivity contribution is 14.0. The first-order valence-corrected chi connectivity index (χ1v) is 11.0. The Balaban J connectivity index is 0.00000289. The summed E-state index contributed by atoms with van der Waals surface area (Å²) in [5, 5.41) is 7.77. The van der Waals surface area contributed by atoms with Gasteiger partial charge in [0.2, 0.25) is 5.91 Å². The summed E-state index contributed by atoms with van der Waals surface area (Å²) in [6, 6.07) is 18.3. The number of guanidine groups is 1. The van der Waals surface area contributed by atoms with E-state index in [1.54, 1.807) is 0 Å². The van der Waals surface area contributed by atoms with Crippen LogP contribution >= 0.6 is 24.0 Å². The molecular formula is C25H30IN5O. The third kappa shape index (κ3) is 5.76. The fourth-order valence-electron chi connectivity index (χ4n) is 3.98. The minimum atomic E-state index is 0. The van der Waals surface area contributed by atoms with Crippen LogP contribution in [0.15, 0.2) is 65.8 Å². The third-order valence-electron chi connectivity index (χ3n) is 5.54. The summed E-state index contributed by atoms with van der Waals surface area (Å²) in [6.07, 6.45) is 4.06. The molecule has 0 aliphatic carbocycles. The quantitative estimate of drug-likeness (QED) is 0.202. The minimum absolute atomic E-state index is 0. The molecule has 7 heteroatoms. The van der Waals surface area contributed by atoms with Gasteiger partial charge in [-0.25, -0.2) is 4.99 Å². The molecule has 6 nitrogen and oxygen atoms in total. The first-order chi connectivity index (χ1) is 15.3. The number of para-hydroxylation sites is 2. The molecule has 0 atom stereocenters. The molecule has 4 rings (SSSR count). The Morgan fingerprint density at radius 1 is 1.09 bits per heavy atom. The van der Waals surface area contributed by atoms with Crippen LogP contribution in [0.4, 0.5) is 5.69 Å². The van der Waals surface area contributed by atoms with Crippen LogP contribution in [0.25, 0.3) is 10.9 Å². The molecule has 32 heavy (non-hydrogen) atoms. The van der Waals surface area contributed by atoms with Gasteiger partial charge in [0.25, 0.3) is 0 Å². The zero-order valence-corrected chi connectivity index (χ0v) is 20.7. The molecule has 0 radical (unpaired) electrons. The number of benzene rings is 2. The molecule has 0 saturated heterocycles. The van der Waals surface area contributed by atoms with Gasteiger partial charge in [0, 0.05) is 43.3 Å². The lowest BCUT2D eigenvalue weighted by Gasteiger charge is -2.17. The summed E-state index contributed by atoms with van der Waals surface area (Å²) < 4.78 is 0. The van der Waals surface area contributed by atoms with Crippen molar-refractivity contribution in [2.24, 2.45) is 4.99 Å². The summed E-state index contributed by atoms with van der Waals surface area (Å²) >= 11 is 0. The number of rotatable bonds is 7. The maximum atomic E-state index is 12.7. The van der Waals surface area contributed by atoms with Gasteiger partial charge in [-0.2, -0.15) is 0 Å². The lowest BCUT2D eigenvalue weighted by atomic mass is 10.1. The standard InChI is InChI=1S/C25H29N5O.HI/c1-2-26-25(29-18-20-13-16-27-22-10-5-4-9-21(20)22)28-15-7-12-24(31)30-17-14-19-8-3-6-11-23(19)30;/h3-6,8-11,13,16H,2,7,12,14-15,17-18H2,1H3,(H2,26,28,29);1H. The van der Waals surface area contributed by atoms with E-state index in [0.717, 1.165) is 54.0 Å². The maximum absolute atomic E-state index is 12.7. The van der Waals surface area contributed by atoms with Crippen LogP contribution in [0, 0.1) is 0 Å². The zero-order valence-electron chi connectivity index (χ0n) is 18.4. The van der Waals surface area contributed by atoms with E-state index in [0.29, 0.717) is 19.5 Å². The van der Waals surface area contributed by atoms with Gasteiger partial charge in [-0.1, -0.05) is 36.4 Å². The number of hydrogen-bond acceptors (Lipinski definition) is 3. The molecule has 1 aliphatic rings. The van der Waals surface area contributed by atoms with Crippen molar-refractivity contribution < 1.29 is 4.79 Å².